The lowest BCUT2D eigenvalue weighted by atomic mass is 10.0. The van der Waals surface area contributed by atoms with Crippen molar-refractivity contribution in [2.75, 3.05) is 13.1 Å². The molecule has 1 aliphatic rings. The fraction of sp³-hybridized carbons (Fsp3) is 0.267. The van der Waals surface area contributed by atoms with Crippen LogP contribution in [0.2, 0.25) is 0 Å². The second kappa shape index (κ2) is 5.84. The Morgan fingerprint density at radius 1 is 1.38 bits per heavy atom. The van der Waals surface area contributed by atoms with Crippen molar-refractivity contribution in [3.8, 4) is 11.5 Å². The number of halogens is 1. The standard InChI is InChI=1S/C15H14FN3O5/c16-12-8(1-2-10(20)13(12)21)15(23)19-4-3-7(6-19)9-5-11(14(17)22)24-18-9/h1-2,5,7,20-21H,3-4,6H2,(H2,17,22)/t7-/m1/s1. The number of carbonyl (C=O) groups excluding carboxylic acids is 2. The maximum atomic E-state index is 13.9. The number of amides is 2. The summed E-state index contributed by atoms with van der Waals surface area (Å²) in [4.78, 5) is 24.8. The van der Waals surface area contributed by atoms with Crippen molar-refractivity contribution >= 4 is 11.8 Å². The molecule has 2 aromatic rings. The van der Waals surface area contributed by atoms with Crippen LogP contribution in [0.15, 0.2) is 22.7 Å². The second-order valence-electron chi connectivity index (χ2n) is 5.51. The number of aromatic nitrogens is 1. The quantitative estimate of drug-likeness (QED) is 0.716. The molecule has 0 spiro atoms. The van der Waals surface area contributed by atoms with E-state index in [0.717, 1.165) is 12.1 Å². The predicted molar refractivity (Wildman–Crippen MR) is 78.0 cm³/mol. The lowest BCUT2D eigenvalue weighted by Gasteiger charge is -2.17. The first-order chi connectivity index (χ1) is 11.4. The Labute approximate surface area is 135 Å². The number of primary amides is 1. The van der Waals surface area contributed by atoms with Crippen molar-refractivity contribution in [2.45, 2.75) is 12.3 Å². The number of phenols is 2. The van der Waals surface area contributed by atoms with Crippen LogP contribution >= 0.6 is 0 Å². The van der Waals surface area contributed by atoms with E-state index >= 15 is 0 Å². The Morgan fingerprint density at radius 3 is 2.79 bits per heavy atom. The van der Waals surface area contributed by atoms with E-state index in [2.05, 4.69) is 5.16 Å². The molecule has 0 saturated carbocycles. The number of hydrogen-bond acceptors (Lipinski definition) is 6. The third-order valence-corrected chi connectivity index (χ3v) is 3.99. The van der Waals surface area contributed by atoms with Crippen molar-refractivity contribution in [2.24, 2.45) is 5.73 Å². The molecule has 9 heteroatoms. The molecule has 2 amide bonds. The van der Waals surface area contributed by atoms with Crippen LogP contribution in [0.4, 0.5) is 4.39 Å². The van der Waals surface area contributed by atoms with E-state index in [-0.39, 0.29) is 23.8 Å². The van der Waals surface area contributed by atoms with Gasteiger partial charge >= 0.3 is 0 Å². The smallest absolute Gasteiger partial charge is 0.287 e. The molecule has 0 aliphatic carbocycles. The van der Waals surface area contributed by atoms with E-state index in [1.807, 2.05) is 0 Å². The molecule has 1 aromatic heterocycles. The summed E-state index contributed by atoms with van der Waals surface area (Å²) in [5.74, 6) is -4.33. The lowest BCUT2D eigenvalue weighted by molar-refractivity contribution is 0.0784. The van der Waals surface area contributed by atoms with E-state index in [1.165, 1.54) is 11.0 Å². The van der Waals surface area contributed by atoms with Crippen LogP contribution in [0.3, 0.4) is 0 Å². The molecule has 1 atom stereocenters. The van der Waals surface area contributed by atoms with Gasteiger partial charge in [-0.1, -0.05) is 5.16 Å². The van der Waals surface area contributed by atoms with Gasteiger partial charge in [0.15, 0.2) is 17.3 Å². The molecule has 1 fully saturated rings. The molecule has 4 N–H and O–H groups in total. The average molecular weight is 335 g/mol. The van der Waals surface area contributed by atoms with Crippen molar-refractivity contribution in [3.05, 3.63) is 41.0 Å². The monoisotopic (exact) mass is 335 g/mol. The molecule has 126 valence electrons. The maximum Gasteiger partial charge on any atom is 0.287 e. The van der Waals surface area contributed by atoms with Gasteiger partial charge in [-0.05, 0) is 18.6 Å². The first kappa shape index (κ1) is 15.8. The number of phenolic OH excluding ortho intramolecular Hbond substituents is 2. The minimum atomic E-state index is -1.17. The minimum Gasteiger partial charge on any atom is -0.504 e. The van der Waals surface area contributed by atoms with Gasteiger partial charge in [-0.25, -0.2) is 4.39 Å². The maximum absolute atomic E-state index is 13.9. The van der Waals surface area contributed by atoms with E-state index in [9.17, 15) is 24.2 Å². The summed E-state index contributed by atoms with van der Waals surface area (Å²) >= 11 is 0. The molecule has 24 heavy (non-hydrogen) atoms. The van der Waals surface area contributed by atoms with E-state index in [0.29, 0.717) is 18.7 Å². The highest BCUT2D eigenvalue weighted by atomic mass is 19.1. The molecule has 0 bridgehead atoms. The van der Waals surface area contributed by atoms with Crippen molar-refractivity contribution in [1.82, 2.24) is 10.1 Å². The van der Waals surface area contributed by atoms with E-state index in [1.54, 1.807) is 0 Å². The minimum absolute atomic E-state index is 0.0655. The molecule has 8 nitrogen and oxygen atoms in total. The van der Waals surface area contributed by atoms with Crippen LogP contribution in [0.1, 0.15) is 38.9 Å². The average Bonchev–Trinajstić information content (AvgIpc) is 3.21. The van der Waals surface area contributed by atoms with Gasteiger partial charge in [-0.15, -0.1) is 0 Å². The van der Waals surface area contributed by atoms with E-state index in [4.69, 9.17) is 10.3 Å². The van der Waals surface area contributed by atoms with Gasteiger partial charge in [0, 0.05) is 25.1 Å². The molecular formula is C15H14FN3O5. The van der Waals surface area contributed by atoms with Gasteiger partial charge in [0.2, 0.25) is 5.76 Å². The fourth-order valence-corrected chi connectivity index (χ4v) is 2.67. The molecule has 2 heterocycles. The molecule has 0 unspecified atom stereocenters. The third-order valence-electron chi connectivity index (χ3n) is 3.99. The summed E-state index contributed by atoms with van der Waals surface area (Å²) in [6.45, 7) is 0.605. The summed E-state index contributed by atoms with van der Waals surface area (Å²) < 4.78 is 18.8. The summed E-state index contributed by atoms with van der Waals surface area (Å²) in [5.41, 5.74) is 5.26. The van der Waals surface area contributed by atoms with Crippen molar-refractivity contribution < 1.29 is 28.7 Å². The van der Waals surface area contributed by atoms with Crippen molar-refractivity contribution in [3.63, 3.8) is 0 Å². The van der Waals surface area contributed by atoms with Crippen LogP contribution in [-0.2, 0) is 0 Å². The van der Waals surface area contributed by atoms with Gasteiger partial charge in [0.05, 0.1) is 11.3 Å². The highest BCUT2D eigenvalue weighted by Crippen LogP contribution is 2.32. The topological polar surface area (TPSA) is 130 Å². The fourth-order valence-electron chi connectivity index (χ4n) is 2.67. The predicted octanol–water partition coefficient (Wildman–Crippen LogP) is 0.953. The zero-order valence-corrected chi connectivity index (χ0v) is 12.4. The molecule has 1 aromatic carbocycles. The number of nitrogens with zero attached hydrogens (tertiary/aromatic N) is 2. The normalized spacial score (nSPS) is 17.2. The van der Waals surface area contributed by atoms with Crippen molar-refractivity contribution in [1.29, 1.82) is 0 Å². The number of aromatic hydroxyl groups is 2. The molecular weight excluding hydrogens is 321 g/mol. The second-order valence-corrected chi connectivity index (χ2v) is 5.51. The summed E-state index contributed by atoms with van der Waals surface area (Å²) in [5, 5.41) is 22.4. The number of likely N-dealkylation sites (tertiary alicyclic amines) is 1. The third kappa shape index (κ3) is 2.64. The Bertz CT molecular complexity index is 819. The molecule has 3 rings (SSSR count). The molecule has 1 aliphatic heterocycles. The zero-order valence-electron chi connectivity index (χ0n) is 12.4. The van der Waals surface area contributed by atoms with Crippen LogP contribution in [-0.4, -0.2) is 45.2 Å². The Hall–Kier alpha value is -3.10. The highest BCUT2D eigenvalue weighted by Gasteiger charge is 2.32. The Balaban J connectivity index is 1.76. The molecule has 0 radical (unpaired) electrons. The van der Waals surface area contributed by atoms with Crippen LogP contribution < -0.4 is 5.73 Å². The number of benzene rings is 1. The van der Waals surface area contributed by atoms with E-state index < -0.39 is 29.1 Å². The Morgan fingerprint density at radius 2 is 2.12 bits per heavy atom. The van der Waals surface area contributed by atoms with Gasteiger partial charge in [-0.3, -0.25) is 9.59 Å². The lowest BCUT2D eigenvalue weighted by Crippen LogP contribution is -2.29. The van der Waals surface area contributed by atoms with Crippen LogP contribution in [0.25, 0.3) is 0 Å². The molecule has 1 saturated heterocycles. The number of hydrogen-bond donors (Lipinski definition) is 3. The Kier molecular flexibility index (Phi) is 3.84. The first-order valence-electron chi connectivity index (χ1n) is 7.14. The number of nitrogens with two attached hydrogens (primary N) is 1. The number of carbonyl (C=O) groups is 2. The van der Waals surface area contributed by atoms with Crippen LogP contribution in [0, 0.1) is 5.82 Å². The first-order valence-corrected chi connectivity index (χ1v) is 7.14. The highest BCUT2D eigenvalue weighted by molar-refractivity contribution is 5.95. The van der Waals surface area contributed by atoms with Gasteiger partial charge in [-0.2, -0.15) is 0 Å². The zero-order chi connectivity index (χ0) is 17.4. The summed E-state index contributed by atoms with van der Waals surface area (Å²) in [6, 6.07) is 3.59. The van der Waals surface area contributed by atoms with Gasteiger partial charge < -0.3 is 25.4 Å². The van der Waals surface area contributed by atoms with Crippen LogP contribution in [0.5, 0.6) is 11.5 Å². The largest absolute Gasteiger partial charge is 0.504 e. The summed E-state index contributed by atoms with van der Waals surface area (Å²) in [6.07, 6.45) is 0.558. The summed E-state index contributed by atoms with van der Waals surface area (Å²) in [7, 11) is 0. The van der Waals surface area contributed by atoms with Gasteiger partial charge in [0.1, 0.15) is 0 Å². The van der Waals surface area contributed by atoms with Gasteiger partial charge in [0.25, 0.3) is 11.8 Å². The SMILES string of the molecule is NC(=O)c1cc([C@@H]2CCN(C(=O)c3ccc(O)c(O)c3F)C2)no1. The number of rotatable bonds is 3.